The molecule has 0 saturated carbocycles. The Morgan fingerprint density at radius 3 is 2.19 bits per heavy atom. The topological polar surface area (TPSA) is 81.2 Å². The first kappa shape index (κ1) is 23.6. The first-order valence-electron chi connectivity index (χ1n) is 10.9. The minimum absolute atomic E-state index is 0.0695. The van der Waals surface area contributed by atoms with E-state index in [4.69, 9.17) is 0 Å². The number of rotatable bonds is 7. The number of carbonyl (C=O) groups is 2. The van der Waals surface area contributed by atoms with Gasteiger partial charge in [-0.05, 0) is 44.9 Å². The second-order valence-corrected chi connectivity index (χ2v) is 9.80. The molecule has 2 saturated heterocycles. The maximum atomic E-state index is 14.3. The van der Waals surface area contributed by atoms with Crippen molar-refractivity contribution in [2.45, 2.75) is 31.6 Å². The third-order valence-electron chi connectivity index (χ3n) is 6.00. The predicted octanol–water partition coefficient (Wildman–Crippen LogP) is 1.24. The summed E-state index contributed by atoms with van der Waals surface area (Å²) in [5, 5.41) is 0. The van der Waals surface area contributed by atoms with Crippen LogP contribution in [0.2, 0.25) is 0 Å². The lowest BCUT2D eigenvalue weighted by Crippen LogP contribution is -2.51. The van der Waals surface area contributed by atoms with E-state index in [-0.39, 0.29) is 17.4 Å². The Kier molecular flexibility index (Phi) is 7.66. The molecule has 2 aliphatic heterocycles. The molecule has 0 aromatic heterocycles. The molecule has 1 aromatic carbocycles. The highest BCUT2D eigenvalue weighted by Crippen LogP contribution is 2.25. The highest BCUT2D eigenvalue weighted by molar-refractivity contribution is 7.89. The molecule has 8 nitrogen and oxygen atoms in total. The van der Waals surface area contributed by atoms with Gasteiger partial charge in [-0.3, -0.25) is 14.5 Å². The first-order valence-corrected chi connectivity index (χ1v) is 12.3. The summed E-state index contributed by atoms with van der Waals surface area (Å²) < 4.78 is 41.2. The number of carbonyl (C=O) groups excluding carboxylic acids is 2. The van der Waals surface area contributed by atoms with Gasteiger partial charge in [-0.1, -0.05) is 0 Å². The Balaban J connectivity index is 1.66. The van der Waals surface area contributed by atoms with E-state index in [9.17, 15) is 22.4 Å². The summed E-state index contributed by atoms with van der Waals surface area (Å²) in [5.41, 5.74) is 0.159. The van der Waals surface area contributed by atoms with Crippen molar-refractivity contribution in [2.75, 3.05) is 58.9 Å². The molecule has 0 radical (unpaired) electrons. The molecule has 2 aliphatic rings. The minimum atomic E-state index is -3.95. The van der Waals surface area contributed by atoms with Crippen LogP contribution in [0.5, 0.6) is 0 Å². The molecular formula is C21H31FN4O4S. The Labute approximate surface area is 183 Å². The summed E-state index contributed by atoms with van der Waals surface area (Å²) in [6, 6.07) is 3.54. The van der Waals surface area contributed by atoms with Crippen LogP contribution in [-0.4, -0.2) is 98.1 Å². The van der Waals surface area contributed by atoms with Crippen LogP contribution in [0.4, 0.5) is 4.39 Å². The summed E-state index contributed by atoms with van der Waals surface area (Å²) in [4.78, 5) is 30.2. The summed E-state index contributed by atoms with van der Waals surface area (Å²) in [6.45, 7) is 8.24. The van der Waals surface area contributed by atoms with E-state index in [1.54, 1.807) is 9.80 Å². The van der Waals surface area contributed by atoms with Gasteiger partial charge in [-0.25, -0.2) is 12.8 Å². The molecule has 2 fully saturated rings. The largest absolute Gasteiger partial charge is 0.342 e. The molecule has 1 aromatic rings. The molecule has 0 spiro atoms. The Morgan fingerprint density at radius 2 is 1.61 bits per heavy atom. The smallest absolute Gasteiger partial charge is 0.253 e. The number of piperazine rings is 1. The standard InChI is InChI=1S/C21H31FN4O4S/c1-3-24(4-2)20(27)16-23-11-13-25(14-12-23)21(28)17-7-8-18(22)19(15-17)31(29,30)26-9-5-6-10-26/h7-8,15H,3-6,9-14,16H2,1-2H3. The van der Waals surface area contributed by atoms with Crippen LogP contribution in [0.25, 0.3) is 0 Å². The molecule has 2 amide bonds. The van der Waals surface area contributed by atoms with Gasteiger partial charge in [0, 0.05) is 57.9 Å². The van der Waals surface area contributed by atoms with Crippen LogP contribution in [-0.2, 0) is 14.8 Å². The summed E-state index contributed by atoms with van der Waals surface area (Å²) >= 11 is 0. The van der Waals surface area contributed by atoms with Crippen LogP contribution in [0.15, 0.2) is 23.1 Å². The van der Waals surface area contributed by atoms with Crippen LogP contribution in [0.1, 0.15) is 37.0 Å². The number of nitrogens with zero attached hydrogens (tertiary/aromatic N) is 4. The van der Waals surface area contributed by atoms with E-state index in [0.717, 1.165) is 25.0 Å². The summed E-state index contributed by atoms with van der Waals surface area (Å²) in [5.74, 6) is -1.10. The molecule has 0 bridgehead atoms. The van der Waals surface area contributed by atoms with Crippen molar-refractivity contribution in [1.29, 1.82) is 0 Å². The van der Waals surface area contributed by atoms with Crippen molar-refractivity contribution in [2.24, 2.45) is 0 Å². The fourth-order valence-electron chi connectivity index (χ4n) is 4.06. The zero-order chi connectivity index (χ0) is 22.6. The van der Waals surface area contributed by atoms with E-state index in [2.05, 4.69) is 0 Å². The van der Waals surface area contributed by atoms with Crippen LogP contribution in [0, 0.1) is 5.82 Å². The van der Waals surface area contributed by atoms with Gasteiger partial charge in [0.15, 0.2) is 0 Å². The molecule has 2 heterocycles. The number of benzene rings is 1. The molecule has 10 heteroatoms. The van der Waals surface area contributed by atoms with E-state index in [0.29, 0.717) is 58.9 Å². The molecule has 3 rings (SSSR count). The lowest BCUT2D eigenvalue weighted by Gasteiger charge is -2.35. The van der Waals surface area contributed by atoms with E-state index < -0.39 is 20.7 Å². The number of sulfonamides is 1. The van der Waals surface area contributed by atoms with Crippen molar-refractivity contribution in [1.82, 2.24) is 19.0 Å². The number of hydrogen-bond acceptors (Lipinski definition) is 5. The van der Waals surface area contributed by atoms with Crippen LogP contribution >= 0.6 is 0 Å². The first-order chi connectivity index (χ1) is 14.8. The van der Waals surface area contributed by atoms with E-state index in [1.807, 2.05) is 18.7 Å². The van der Waals surface area contributed by atoms with Crippen molar-refractivity contribution >= 4 is 21.8 Å². The van der Waals surface area contributed by atoms with Crippen molar-refractivity contribution in [3.63, 3.8) is 0 Å². The Bertz CT molecular complexity index is 906. The lowest BCUT2D eigenvalue weighted by atomic mass is 10.1. The molecule has 0 aliphatic carbocycles. The van der Waals surface area contributed by atoms with Crippen molar-refractivity contribution in [3.8, 4) is 0 Å². The van der Waals surface area contributed by atoms with Gasteiger partial charge in [-0.2, -0.15) is 4.31 Å². The average molecular weight is 455 g/mol. The third kappa shape index (κ3) is 5.24. The van der Waals surface area contributed by atoms with E-state index in [1.165, 1.54) is 10.4 Å². The van der Waals surface area contributed by atoms with Gasteiger partial charge in [0.05, 0.1) is 6.54 Å². The van der Waals surface area contributed by atoms with Gasteiger partial charge < -0.3 is 9.80 Å². The second-order valence-electron chi connectivity index (χ2n) is 7.89. The Morgan fingerprint density at radius 1 is 1.00 bits per heavy atom. The monoisotopic (exact) mass is 454 g/mol. The fourth-order valence-corrected chi connectivity index (χ4v) is 5.67. The van der Waals surface area contributed by atoms with Gasteiger partial charge >= 0.3 is 0 Å². The van der Waals surface area contributed by atoms with Gasteiger partial charge in [0.1, 0.15) is 10.7 Å². The van der Waals surface area contributed by atoms with Gasteiger partial charge in [0.2, 0.25) is 15.9 Å². The number of hydrogen-bond donors (Lipinski definition) is 0. The highest BCUT2D eigenvalue weighted by atomic mass is 32.2. The number of likely N-dealkylation sites (N-methyl/N-ethyl adjacent to an activating group) is 1. The Hall–Kier alpha value is -2.04. The maximum absolute atomic E-state index is 14.3. The lowest BCUT2D eigenvalue weighted by molar-refractivity contribution is -0.132. The molecule has 0 atom stereocenters. The maximum Gasteiger partial charge on any atom is 0.253 e. The minimum Gasteiger partial charge on any atom is -0.342 e. The van der Waals surface area contributed by atoms with Gasteiger partial charge in [-0.15, -0.1) is 0 Å². The predicted molar refractivity (Wildman–Crippen MR) is 115 cm³/mol. The molecule has 0 unspecified atom stereocenters. The number of amides is 2. The van der Waals surface area contributed by atoms with E-state index >= 15 is 0 Å². The van der Waals surface area contributed by atoms with Crippen LogP contribution in [0.3, 0.4) is 0 Å². The molecule has 172 valence electrons. The van der Waals surface area contributed by atoms with Gasteiger partial charge in [0.25, 0.3) is 5.91 Å². The molecule has 31 heavy (non-hydrogen) atoms. The zero-order valence-corrected chi connectivity index (χ0v) is 19.0. The molecular weight excluding hydrogens is 423 g/mol. The SMILES string of the molecule is CCN(CC)C(=O)CN1CCN(C(=O)c2ccc(F)c(S(=O)(=O)N3CCCC3)c2)CC1. The number of halogens is 1. The third-order valence-corrected chi connectivity index (χ3v) is 7.91. The van der Waals surface area contributed by atoms with Crippen molar-refractivity contribution in [3.05, 3.63) is 29.6 Å². The zero-order valence-electron chi connectivity index (χ0n) is 18.2. The summed E-state index contributed by atoms with van der Waals surface area (Å²) in [7, 11) is -3.95. The average Bonchev–Trinajstić information content (AvgIpc) is 3.31. The quantitative estimate of drug-likeness (QED) is 0.619. The normalized spacial score (nSPS) is 18.4. The molecule has 0 N–H and O–H groups in total. The fraction of sp³-hybridized carbons (Fsp3) is 0.619. The highest BCUT2D eigenvalue weighted by Gasteiger charge is 2.31. The second kappa shape index (κ2) is 10.1. The summed E-state index contributed by atoms with van der Waals surface area (Å²) in [6.07, 6.45) is 1.50. The van der Waals surface area contributed by atoms with Crippen LogP contribution < -0.4 is 0 Å². The van der Waals surface area contributed by atoms with Crippen molar-refractivity contribution < 1.29 is 22.4 Å².